The molecule has 0 saturated heterocycles. The third kappa shape index (κ3) is 4.27. The second-order valence-corrected chi connectivity index (χ2v) is 4.08. The Morgan fingerprint density at radius 3 is 2.59 bits per heavy atom. The lowest BCUT2D eigenvalue weighted by atomic mass is 10.2. The molecule has 1 rings (SSSR count). The zero-order chi connectivity index (χ0) is 12.7. The first-order chi connectivity index (χ1) is 8.21. The van der Waals surface area contributed by atoms with Crippen LogP contribution in [0.3, 0.4) is 0 Å². The minimum absolute atomic E-state index is 0.212. The van der Waals surface area contributed by atoms with E-state index in [-0.39, 0.29) is 6.10 Å². The van der Waals surface area contributed by atoms with Gasteiger partial charge in [0, 0.05) is 6.54 Å². The zero-order valence-corrected chi connectivity index (χ0v) is 11.2. The lowest BCUT2D eigenvalue weighted by molar-refractivity contribution is 0.203. The number of hydrogen-bond donors (Lipinski definition) is 1. The van der Waals surface area contributed by atoms with Crippen LogP contribution in [0.25, 0.3) is 0 Å². The van der Waals surface area contributed by atoms with E-state index in [1.807, 2.05) is 26.1 Å². The summed E-state index contributed by atoms with van der Waals surface area (Å²) in [6.07, 6.45) is 1.20. The number of ether oxygens (including phenoxy) is 2. The van der Waals surface area contributed by atoms with Gasteiger partial charge >= 0.3 is 0 Å². The second kappa shape index (κ2) is 7.17. The summed E-state index contributed by atoms with van der Waals surface area (Å²) >= 11 is 0. The standard InChI is InChI=1S/C14H23NO2/c1-5-11(3)17-13-8-7-12(10-15-4)9-14(13)16-6-2/h7-9,11,15H,5-6,10H2,1-4H3/t11-/m1/s1. The van der Waals surface area contributed by atoms with Gasteiger partial charge in [0.05, 0.1) is 12.7 Å². The summed E-state index contributed by atoms with van der Waals surface area (Å²) in [5.41, 5.74) is 1.20. The van der Waals surface area contributed by atoms with Gasteiger partial charge < -0.3 is 14.8 Å². The summed E-state index contributed by atoms with van der Waals surface area (Å²) < 4.78 is 11.5. The van der Waals surface area contributed by atoms with E-state index in [0.717, 1.165) is 24.5 Å². The van der Waals surface area contributed by atoms with Crippen LogP contribution in [0.4, 0.5) is 0 Å². The Kier molecular flexibility index (Phi) is 5.84. The monoisotopic (exact) mass is 237 g/mol. The molecule has 3 nitrogen and oxygen atoms in total. The Morgan fingerprint density at radius 1 is 1.24 bits per heavy atom. The Balaban J connectivity index is 2.87. The first-order valence-corrected chi connectivity index (χ1v) is 6.28. The summed E-state index contributed by atoms with van der Waals surface area (Å²) in [6, 6.07) is 6.10. The molecule has 0 fully saturated rings. The molecule has 0 unspecified atom stereocenters. The molecule has 0 spiro atoms. The van der Waals surface area contributed by atoms with E-state index in [9.17, 15) is 0 Å². The average molecular weight is 237 g/mol. The van der Waals surface area contributed by atoms with Crippen LogP contribution < -0.4 is 14.8 Å². The molecular weight excluding hydrogens is 214 g/mol. The van der Waals surface area contributed by atoms with Gasteiger partial charge in [-0.1, -0.05) is 13.0 Å². The van der Waals surface area contributed by atoms with Crippen LogP contribution in [0.2, 0.25) is 0 Å². The molecule has 1 aromatic rings. The molecule has 3 heteroatoms. The number of rotatable bonds is 7. The van der Waals surface area contributed by atoms with Gasteiger partial charge in [0.15, 0.2) is 11.5 Å². The highest BCUT2D eigenvalue weighted by Crippen LogP contribution is 2.29. The van der Waals surface area contributed by atoms with Crippen molar-refractivity contribution in [2.24, 2.45) is 0 Å². The number of benzene rings is 1. The van der Waals surface area contributed by atoms with Crippen molar-refractivity contribution in [3.63, 3.8) is 0 Å². The summed E-state index contributed by atoms with van der Waals surface area (Å²) in [6.45, 7) is 7.65. The highest BCUT2D eigenvalue weighted by Gasteiger charge is 2.09. The van der Waals surface area contributed by atoms with Gasteiger partial charge in [-0.15, -0.1) is 0 Å². The summed E-state index contributed by atoms with van der Waals surface area (Å²) in [4.78, 5) is 0. The molecule has 0 bridgehead atoms. The van der Waals surface area contributed by atoms with Crippen molar-refractivity contribution in [3.8, 4) is 11.5 Å². The maximum Gasteiger partial charge on any atom is 0.161 e. The lowest BCUT2D eigenvalue weighted by Crippen LogP contribution is -2.11. The van der Waals surface area contributed by atoms with Crippen molar-refractivity contribution >= 4 is 0 Å². The first-order valence-electron chi connectivity index (χ1n) is 6.28. The molecular formula is C14H23NO2. The largest absolute Gasteiger partial charge is 0.490 e. The molecule has 0 aromatic heterocycles. The quantitative estimate of drug-likeness (QED) is 0.791. The van der Waals surface area contributed by atoms with Gasteiger partial charge in [-0.05, 0) is 45.0 Å². The minimum atomic E-state index is 0.212. The highest BCUT2D eigenvalue weighted by atomic mass is 16.5. The van der Waals surface area contributed by atoms with Crippen LogP contribution in [-0.4, -0.2) is 19.8 Å². The van der Waals surface area contributed by atoms with Gasteiger partial charge in [-0.25, -0.2) is 0 Å². The summed E-state index contributed by atoms with van der Waals surface area (Å²) in [5, 5.41) is 3.13. The van der Waals surface area contributed by atoms with Gasteiger partial charge in [0.2, 0.25) is 0 Å². The van der Waals surface area contributed by atoms with Crippen LogP contribution in [0.15, 0.2) is 18.2 Å². The van der Waals surface area contributed by atoms with Crippen molar-refractivity contribution in [2.75, 3.05) is 13.7 Å². The molecule has 0 aliphatic rings. The van der Waals surface area contributed by atoms with Crippen LogP contribution in [0.1, 0.15) is 32.8 Å². The third-order valence-electron chi connectivity index (χ3n) is 2.59. The van der Waals surface area contributed by atoms with E-state index in [2.05, 4.69) is 25.2 Å². The van der Waals surface area contributed by atoms with Gasteiger partial charge in [0.1, 0.15) is 0 Å². The topological polar surface area (TPSA) is 30.5 Å². The predicted molar refractivity (Wildman–Crippen MR) is 70.8 cm³/mol. The Labute approximate surface area is 104 Å². The maximum atomic E-state index is 5.83. The molecule has 0 saturated carbocycles. The molecule has 0 aliphatic carbocycles. The fourth-order valence-electron chi connectivity index (χ4n) is 1.53. The normalized spacial score (nSPS) is 12.2. The van der Waals surface area contributed by atoms with Crippen LogP contribution in [0, 0.1) is 0 Å². The lowest BCUT2D eigenvalue weighted by Gasteiger charge is -2.17. The zero-order valence-electron chi connectivity index (χ0n) is 11.2. The Hall–Kier alpha value is -1.22. The maximum absolute atomic E-state index is 5.83. The Bertz CT molecular complexity index is 339. The molecule has 0 radical (unpaired) electrons. The number of hydrogen-bond acceptors (Lipinski definition) is 3. The van der Waals surface area contributed by atoms with E-state index in [0.29, 0.717) is 6.61 Å². The molecule has 96 valence electrons. The van der Waals surface area contributed by atoms with Crippen molar-refractivity contribution in [1.82, 2.24) is 5.32 Å². The fraction of sp³-hybridized carbons (Fsp3) is 0.571. The van der Waals surface area contributed by atoms with Crippen molar-refractivity contribution in [1.29, 1.82) is 0 Å². The molecule has 0 amide bonds. The molecule has 1 N–H and O–H groups in total. The van der Waals surface area contributed by atoms with E-state index >= 15 is 0 Å². The fourth-order valence-corrected chi connectivity index (χ4v) is 1.53. The summed E-state index contributed by atoms with van der Waals surface area (Å²) in [5.74, 6) is 1.67. The van der Waals surface area contributed by atoms with Gasteiger partial charge in [-0.3, -0.25) is 0 Å². The predicted octanol–water partition coefficient (Wildman–Crippen LogP) is 2.98. The van der Waals surface area contributed by atoms with E-state index < -0.39 is 0 Å². The van der Waals surface area contributed by atoms with Crippen LogP contribution >= 0.6 is 0 Å². The smallest absolute Gasteiger partial charge is 0.161 e. The molecule has 0 heterocycles. The van der Waals surface area contributed by atoms with Crippen molar-refractivity contribution in [3.05, 3.63) is 23.8 Å². The van der Waals surface area contributed by atoms with Crippen LogP contribution in [0.5, 0.6) is 11.5 Å². The summed E-state index contributed by atoms with van der Waals surface area (Å²) in [7, 11) is 1.93. The van der Waals surface area contributed by atoms with Gasteiger partial charge in [0.25, 0.3) is 0 Å². The van der Waals surface area contributed by atoms with E-state index in [1.165, 1.54) is 5.56 Å². The van der Waals surface area contributed by atoms with E-state index in [1.54, 1.807) is 0 Å². The van der Waals surface area contributed by atoms with Crippen molar-refractivity contribution < 1.29 is 9.47 Å². The molecule has 1 aromatic carbocycles. The van der Waals surface area contributed by atoms with Crippen molar-refractivity contribution in [2.45, 2.75) is 39.8 Å². The van der Waals surface area contributed by atoms with Crippen LogP contribution in [-0.2, 0) is 6.54 Å². The SMILES string of the molecule is CCOc1cc(CNC)ccc1O[C@H](C)CC. The first kappa shape index (κ1) is 13.8. The third-order valence-corrected chi connectivity index (χ3v) is 2.59. The average Bonchev–Trinajstić information content (AvgIpc) is 2.33. The molecule has 1 atom stereocenters. The minimum Gasteiger partial charge on any atom is -0.490 e. The highest BCUT2D eigenvalue weighted by molar-refractivity contribution is 5.43. The molecule has 0 aliphatic heterocycles. The van der Waals surface area contributed by atoms with E-state index in [4.69, 9.17) is 9.47 Å². The second-order valence-electron chi connectivity index (χ2n) is 4.08. The Morgan fingerprint density at radius 2 is 2.00 bits per heavy atom. The molecule has 17 heavy (non-hydrogen) atoms. The number of nitrogens with one attached hydrogen (secondary N) is 1. The van der Waals surface area contributed by atoms with Gasteiger partial charge in [-0.2, -0.15) is 0 Å².